The molecule has 1 N–H and O–H groups in total. The van der Waals surface area contributed by atoms with Crippen LogP contribution in [-0.2, 0) is 13.0 Å². The van der Waals surface area contributed by atoms with Crippen LogP contribution >= 0.6 is 0 Å². The number of hydrogen-bond acceptors (Lipinski definition) is 6. The fourth-order valence-corrected chi connectivity index (χ4v) is 1.91. The molecule has 3 rings (SSSR count). The summed E-state index contributed by atoms with van der Waals surface area (Å²) in [5, 5.41) is 11.3. The van der Waals surface area contributed by atoms with Crippen molar-refractivity contribution in [2.45, 2.75) is 13.0 Å². The fourth-order valence-electron chi connectivity index (χ4n) is 1.91. The van der Waals surface area contributed by atoms with Gasteiger partial charge in [0.15, 0.2) is 5.82 Å². The monoisotopic (exact) mass is 243 g/mol. The Morgan fingerprint density at radius 1 is 1.28 bits per heavy atom. The van der Waals surface area contributed by atoms with Crippen LogP contribution in [0, 0.1) is 0 Å². The third-order valence-electron chi connectivity index (χ3n) is 2.89. The molecular formula is C12H13N5O. The molecule has 0 unspecified atom stereocenters. The largest absolute Gasteiger partial charge is 0.480 e. The van der Waals surface area contributed by atoms with Crippen molar-refractivity contribution in [2.75, 3.05) is 13.7 Å². The highest BCUT2D eigenvalue weighted by molar-refractivity contribution is 5.49. The van der Waals surface area contributed by atoms with E-state index in [1.165, 1.54) is 0 Å². The van der Waals surface area contributed by atoms with Crippen LogP contribution in [-0.4, -0.2) is 33.8 Å². The molecule has 0 aliphatic carbocycles. The van der Waals surface area contributed by atoms with Crippen molar-refractivity contribution < 1.29 is 4.74 Å². The number of nitrogens with zero attached hydrogens (tertiary/aromatic N) is 4. The van der Waals surface area contributed by atoms with E-state index in [1.807, 2.05) is 12.3 Å². The Morgan fingerprint density at radius 2 is 2.22 bits per heavy atom. The van der Waals surface area contributed by atoms with Gasteiger partial charge in [0.05, 0.1) is 12.8 Å². The predicted molar refractivity (Wildman–Crippen MR) is 65.0 cm³/mol. The third-order valence-corrected chi connectivity index (χ3v) is 2.89. The molecule has 0 aromatic carbocycles. The van der Waals surface area contributed by atoms with Gasteiger partial charge in [0.1, 0.15) is 5.69 Å². The summed E-state index contributed by atoms with van der Waals surface area (Å²) in [5.41, 5.74) is 2.92. The first-order chi connectivity index (χ1) is 8.86. The van der Waals surface area contributed by atoms with Crippen molar-refractivity contribution in [1.29, 1.82) is 0 Å². The molecule has 92 valence electrons. The van der Waals surface area contributed by atoms with E-state index in [0.717, 1.165) is 30.8 Å². The lowest BCUT2D eigenvalue weighted by atomic mass is 10.1. The van der Waals surface area contributed by atoms with Crippen LogP contribution in [0.15, 0.2) is 18.3 Å². The molecular weight excluding hydrogens is 230 g/mol. The van der Waals surface area contributed by atoms with E-state index in [-0.39, 0.29) is 0 Å². The predicted octanol–water partition coefficient (Wildman–Crippen LogP) is 0.588. The Balaban J connectivity index is 1.95. The Labute approximate surface area is 104 Å². The van der Waals surface area contributed by atoms with Crippen molar-refractivity contribution >= 4 is 0 Å². The van der Waals surface area contributed by atoms with Gasteiger partial charge >= 0.3 is 0 Å². The first-order valence-electron chi connectivity index (χ1n) is 5.80. The summed E-state index contributed by atoms with van der Waals surface area (Å²) in [5.74, 6) is 1.10. The summed E-state index contributed by atoms with van der Waals surface area (Å²) in [7, 11) is 1.56. The molecule has 3 heterocycles. The molecule has 0 bridgehead atoms. The van der Waals surface area contributed by atoms with E-state index in [9.17, 15) is 0 Å². The molecule has 0 saturated carbocycles. The lowest BCUT2D eigenvalue weighted by Crippen LogP contribution is -2.25. The molecule has 18 heavy (non-hydrogen) atoms. The minimum absolute atomic E-state index is 0.487. The molecule has 2 aromatic heterocycles. The molecule has 6 nitrogen and oxygen atoms in total. The maximum absolute atomic E-state index is 4.97. The van der Waals surface area contributed by atoms with Gasteiger partial charge < -0.3 is 10.1 Å². The van der Waals surface area contributed by atoms with E-state index >= 15 is 0 Å². The minimum Gasteiger partial charge on any atom is -0.480 e. The minimum atomic E-state index is 0.487. The van der Waals surface area contributed by atoms with Gasteiger partial charge in [-0.15, -0.1) is 10.2 Å². The van der Waals surface area contributed by atoms with Crippen LogP contribution in [0.5, 0.6) is 5.88 Å². The fraction of sp³-hybridized carbons (Fsp3) is 0.333. The van der Waals surface area contributed by atoms with Gasteiger partial charge in [-0.3, -0.25) is 0 Å². The lowest BCUT2D eigenvalue weighted by molar-refractivity contribution is 0.392. The highest BCUT2D eigenvalue weighted by Gasteiger charge is 2.13. The first-order valence-corrected chi connectivity index (χ1v) is 5.80. The summed E-state index contributed by atoms with van der Waals surface area (Å²) < 4.78 is 4.97. The van der Waals surface area contributed by atoms with Gasteiger partial charge in [-0.05, 0) is 6.07 Å². The Kier molecular flexibility index (Phi) is 2.85. The van der Waals surface area contributed by atoms with Crippen LogP contribution in [0.2, 0.25) is 0 Å². The zero-order valence-electron chi connectivity index (χ0n) is 10.1. The third kappa shape index (κ3) is 2.02. The number of hydrogen-bond donors (Lipinski definition) is 1. The zero-order valence-corrected chi connectivity index (χ0v) is 10.1. The number of nitrogens with one attached hydrogen (secondary N) is 1. The molecule has 1 aliphatic rings. The van der Waals surface area contributed by atoms with Crippen LogP contribution in [0.25, 0.3) is 11.5 Å². The average molecular weight is 243 g/mol. The Morgan fingerprint density at radius 3 is 3.00 bits per heavy atom. The smallest absolute Gasteiger partial charge is 0.233 e. The zero-order chi connectivity index (χ0) is 12.4. The van der Waals surface area contributed by atoms with E-state index in [1.54, 1.807) is 13.2 Å². The summed E-state index contributed by atoms with van der Waals surface area (Å²) in [6.45, 7) is 1.79. The SMILES string of the molecule is COc1ccc(-c2ncc3c(n2)CCNC3)nn1. The molecule has 6 heteroatoms. The van der Waals surface area contributed by atoms with Gasteiger partial charge in [0, 0.05) is 37.3 Å². The van der Waals surface area contributed by atoms with Crippen molar-refractivity contribution in [3.63, 3.8) is 0 Å². The van der Waals surface area contributed by atoms with Crippen LogP contribution < -0.4 is 10.1 Å². The molecule has 2 aromatic rings. The van der Waals surface area contributed by atoms with Crippen molar-refractivity contribution in [2.24, 2.45) is 0 Å². The van der Waals surface area contributed by atoms with Gasteiger partial charge in [-0.1, -0.05) is 0 Å². The number of ether oxygens (including phenoxy) is 1. The van der Waals surface area contributed by atoms with Crippen LogP contribution in [0.3, 0.4) is 0 Å². The van der Waals surface area contributed by atoms with E-state index in [4.69, 9.17) is 4.74 Å². The average Bonchev–Trinajstić information content (AvgIpc) is 2.47. The van der Waals surface area contributed by atoms with Crippen molar-refractivity contribution in [3.05, 3.63) is 29.6 Å². The molecule has 0 saturated heterocycles. The molecule has 0 fully saturated rings. The topological polar surface area (TPSA) is 72.8 Å². The highest BCUT2D eigenvalue weighted by atomic mass is 16.5. The maximum Gasteiger partial charge on any atom is 0.233 e. The summed E-state index contributed by atoms with van der Waals surface area (Å²) >= 11 is 0. The summed E-state index contributed by atoms with van der Waals surface area (Å²) in [6.07, 6.45) is 2.78. The second kappa shape index (κ2) is 4.66. The molecule has 0 spiro atoms. The van der Waals surface area contributed by atoms with Gasteiger partial charge in [-0.25, -0.2) is 9.97 Å². The second-order valence-electron chi connectivity index (χ2n) is 4.05. The van der Waals surface area contributed by atoms with E-state index in [2.05, 4.69) is 25.5 Å². The molecule has 0 radical (unpaired) electrons. The van der Waals surface area contributed by atoms with Crippen molar-refractivity contribution in [1.82, 2.24) is 25.5 Å². The molecule has 0 atom stereocenters. The molecule has 0 amide bonds. The Hall–Kier alpha value is -2.08. The van der Waals surface area contributed by atoms with Gasteiger partial charge in [0.2, 0.25) is 5.88 Å². The first kappa shape index (κ1) is 11.0. The highest BCUT2D eigenvalue weighted by Crippen LogP contribution is 2.17. The number of aromatic nitrogens is 4. The van der Waals surface area contributed by atoms with Crippen LogP contribution in [0.4, 0.5) is 0 Å². The van der Waals surface area contributed by atoms with E-state index in [0.29, 0.717) is 17.4 Å². The van der Waals surface area contributed by atoms with Gasteiger partial charge in [0.25, 0.3) is 0 Å². The van der Waals surface area contributed by atoms with Gasteiger partial charge in [-0.2, -0.15) is 0 Å². The standard InChI is InChI=1S/C12H13N5O/c1-18-11-3-2-10(16-17-11)12-14-7-8-6-13-5-4-9(8)15-12/h2-3,7,13H,4-6H2,1H3. The Bertz CT molecular complexity index is 555. The number of rotatable bonds is 2. The maximum atomic E-state index is 4.97. The molecule has 1 aliphatic heterocycles. The number of methoxy groups -OCH3 is 1. The summed E-state index contributed by atoms with van der Waals surface area (Å²) in [6, 6.07) is 3.57. The van der Waals surface area contributed by atoms with E-state index < -0.39 is 0 Å². The summed E-state index contributed by atoms with van der Waals surface area (Å²) in [4.78, 5) is 8.87. The quantitative estimate of drug-likeness (QED) is 0.832. The second-order valence-corrected chi connectivity index (χ2v) is 4.05. The number of fused-ring (bicyclic) bond motifs is 1. The lowest BCUT2D eigenvalue weighted by Gasteiger charge is -2.15. The van der Waals surface area contributed by atoms with Crippen molar-refractivity contribution in [3.8, 4) is 17.4 Å². The van der Waals surface area contributed by atoms with Crippen LogP contribution in [0.1, 0.15) is 11.3 Å². The normalized spacial score (nSPS) is 14.1.